The summed E-state index contributed by atoms with van der Waals surface area (Å²) in [5, 5.41) is 0. The third kappa shape index (κ3) is 3.93. The van der Waals surface area contributed by atoms with Crippen molar-refractivity contribution in [3.05, 3.63) is 48.6 Å². The zero-order valence-electron chi connectivity index (χ0n) is 8.42. The summed E-state index contributed by atoms with van der Waals surface area (Å²) in [6, 6.07) is 0. The van der Waals surface area contributed by atoms with E-state index in [1.54, 1.807) is 0 Å². The Bertz CT molecular complexity index is 249. The second-order valence-corrected chi connectivity index (χ2v) is 3.73. The third-order valence-electron chi connectivity index (χ3n) is 2.18. The minimum Gasteiger partial charge on any atom is -0.0998 e. The summed E-state index contributed by atoms with van der Waals surface area (Å²) >= 11 is 0. The molecule has 1 aliphatic rings. The SMILES string of the molecule is C=C/C(=C\C=C/CC(=C)C)C1CC1. The predicted molar refractivity (Wildman–Crippen MR) is 59.6 cm³/mol. The van der Waals surface area contributed by atoms with Gasteiger partial charge in [0.2, 0.25) is 0 Å². The van der Waals surface area contributed by atoms with Crippen molar-refractivity contribution in [3.63, 3.8) is 0 Å². The molecule has 1 saturated carbocycles. The van der Waals surface area contributed by atoms with E-state index in [-0.39, 0.29) is 0 Å². The first-order valence-electron chi connectivity index (χ1n) is 4.87. The molecule has 13 heavy (non-hydrogen) atoms. The molecule has 1 rings (SSSR count). The van der Waals surface area contributed by atoms with Gasteiger partial charge in [0.25, 0.3) is 0 Å². The lowest BCUT2D eigenvalue weighted by Gasteiger charge is -1.94. The minimum absolute atomic E-state index is 0.798. The van der Waals surface area contributed by atoms with Crippen LogP contribution in [0.1, 0.15) is 26.2 Å². The van der Waals surface area contributed by atoms with E-state index in [1.807, 2.05) is 13.0 Å². The Labute approximate surface area is 81.4 Å². The largest absolute Gasteiger partial charge is 0.0998 e. The third-order valence-corrected chi connectivity index (χ3v) is 2.18. The van der Waals surface area contributed by atoms with Crippen LogP contribution in [0.2, 0.25) is 0 Å². The summed E-state index contributed by atoms with van der Waals surface area (Å²) in [4.78, 5) is 0. The van der Waals surface area contributed by atoms with Gasteiger partial charge in [0.05, 0.1) is 0 Å². The standard InChI is InChI=1S/C13H18/c1-4-12(13-9-10-13)8-6-5-7-11(2)3/h4-6,8,13H,1-2,7,9-10H2,3H3/b6-5-,12-8+. The van der Waals surface area contributed by atoms with Crippen molar-refractivity contribution in [2.24, 2.45) is 5.92 Å². The summed E-state index contributed by atoms with van der Waals surface area (Å²) in [6.07, 6.45) is 12.1. The lowest BCUT2D eigenvalue weighted by Crippen LogP contribution is -1.77. The smallest absolute Gasteiger partial charge is 0.0141 e. The number of hydrogen-bond donors (Lipinski definition) is 0. The Hall–Kier alpha value is -1.04. The van der Waals surface area contributed by atoms with Gasteiger partial charge in [0, 0.05) is 0 Å². The summed E-state index contributed by atoms with van der Waals surface area (Å²) in [5.41, 5.74) is 2.59. The molecule has 0 aromatic carbocycles. The molecule has 0 aromatic rings. The molecule has 1 fully saturated rings. The van der Waals surface area contributed by atoms with Gasteiger partial charge in [-0.3, -0.25) is 0 Å². The van der Waals surface area contributed by atoms with Gasteiger partial charge in [-0.05, 0) is 37.7 Å². The van der Waals surface area contributed by atoms with Crippen molar-refractivity contribution < 1.29 is 0 Å². The average Bonchev–Trinajstić information content (AvgIpc) is 2.87. The maximum Gasteiger partial charge on any atom is -0.0141 e. The van der Waals surface area contributed by atoms with Crippen LogP contribution in [0.3, 0.4) is 0 Å². The fourth-order valence-corrected chi connectivity index (χ4v) is 1.24. The van der Waals surface area contributed by atoms with Crippen LogP contribution in [0.15, 0.2) is 48.6 Å². The Kier molecular flexibility index (Phi) is 3.75. The first-order valence-corrected chi connectivity index (χ1v) is 4.87. The van der Waals surface area contributed by atoms with E-state index in [2.05, 4.69) is 31.4 Å². The summed E-state index contributed by atoms with van der Waals surface area (Å²) in [7, 11) is 0. The van der Waals surface area contributed by atoms with E-state index < -0.39 is 0 Å². The van der Waals surface area contributed by atoms with Crippen LogP contribution >= 0.6 is 0 Å². The van der Waals surface area contributed by atoms with Gasteiger partial charge >= 0.3 is 0 Å². The van der Waals surface area contributed by atoms with Gasteiger partial charge in [0.15, 0.2) is 0 Å². The van der Waals surface area contributed by atoms with Crippen LogP contribution in [-0.4, -0.2) is 0 Å². The molecule has 0 radical (unpaired) electrons. The normalized spacial score (nSPS) is 17.8. The lowest BCUT2D eigenvalue weighted by molar-refractivity contribution is 1.05. The molecule has 0 nitrogen and oxygen atoms in total. The highest BCUT2D eigenvalue weighted by atomic mass is 14.3. The first kappa shape index (κ1) is 10.0. The molecule has 0 saturated heterocycles. The maximum atomic E-state index is 3.85. The van der Waals surface area contributed by atoms with Crippen LogP contribution in [0, 0.1) is 5.92 Å². The second kappa shape index (κ2) is 4.86. The molecule has 0 aliphatic heterocycles. The zero-order chi connectivity index (χ0) is 9.68. The summed E-state index contributed by atoms with van der Waals surface area (Å²) in [5.74, 6) is 0.798. The Morgan fingerprint density at radius 3 is 2.62 bits per heavy atom. The monoisotopic (exact) mass is 174 g/mol. The van der Waals surface area contributed by atoms with Gasteiger partial charge in [0.1, 0.15) is 0 Å². The van der Waals surface area contributed by atoms with Gasteiger partial charge in [-0.1, -0.05) is 43.0 Å². The van der Waals surface area contributed by atoms with Crippen LogP contribution in [0.5, 0.6) is 0 Å². The fraction of sp³-hybridized carbons (Fsp3) is 0.385. The highest BCUT2D eigenvalue weighted by Crippen LogP contribution is 2.36. The van der Waals surface area contributed by atoms with E-state index in [0.29, 0.717) is 0 Å². The van der Waals surface area contributed by atoms with Crippen LogP contribution in [0.25, 0.3) is 0 Å². The average molecular weight is 174 g/mol. The molecular formula is C13H18. The fourth-order valence-electron chi connectivity index (χ4n) is 1.24. The van der Waals surface area contributed by atoms with E-state index >= 15 is 0 Å². The zero-order valence-corrected chi connectivity index (χ0v) is 8.42. The van der Waals surface area contributed by atoms with Gasteiger partial charge < -0.3 is 0 Å². The lowest BCUT2D eigenvalue weighted by atomic mass is 10.1. The Morgan fingerprint density at radius 2 is 2.15 bits per heavy atom. The molecule has 70 valence electrons. The quantitative estimate of drug-likeness (QED) is 0.436. The van der Waals surface area contributed by atoms with Gasteiger partial charge in [-0.15, -0.1) is 0 Å². The molecule has 0 atom stereocenters. The molecule has 0 aromatic heterocycles. The molecule has 0 spiro atoms. The number of hydrogen-bond acceptors (Lipinski definition) is 0. The molecule has 0 bridgehead atoms. The van der Waals surface area contributed by atoms with Gasteiger partial charge in [-0.2, -0.15) is 0 Å². The predicted octanol–water partition coefficient (Wildman–Crippen LogP) is 4.03. The van der Waals surface area contributed by atoms with Crippen molar-refractivity contribution in [2.45, 2.75) is 26.2 Å². The van der Waals surface area contributed by atoms with E-state index in [4.69, 9.17) is 0 Å². The van der Waals surface area contributed by atoms with Crippen molar-refractivity contribution in [1.82, 2.24) is 0 Å². The molecule has 0 heteroatoms. The second-order valence-electron chi connectivity index (χ2n) is 3.73. The molecule has 0 amide bonds. The van der Waals surface area contributed by atoms with Crippen molar-refractivity contribution in [1.29, 1.82) is 0 Å². The topological polar surface area (TPSA) is 0 Å². The molecule has 0 unspecified atom stereocenters. The number of allylic oxidation sites excluding steroid dienone is 6. The van der Waals surface area contributed by atoms with Crippen molar-refractivity contribution in [3.8, 4) is 0 Å². The Morgan fingerprint density at radius 1 is 1.46 bits per heavy atom. The van der Waals surface area contributed by atoms with E-state index in [9.17, 15) is 0 Å². The Balaban J connectivity index is 2.39. The van der Waals surface area contributed by atoms with Crippen LogP contribution in [0.4, 0.5) is 0 Å². The molecule has 1 aliphatic carbocycles. The van der Waals surface area contributed by atoms with Crippen molar-refractivity contribution in [2.75, 3.05) is 0 Å². The van der Waals surface area contributed by atoms with Crippen LogP contribution < -0.4 is 0 Å². The molecule has 0 heterocycles. The van der Waals surface area contributed by atoms with Crippen LogP contribution in [-0.2, 0) is 0 Å². The van der Waals surface area contributed by atoms with E-state index in [0.717, 1.165) is 12.3 Å². The summed E-state index contributed by atoms with van der Waals surface area (Å²) < 4.78 is 0. The minimum atomic E-state index is 0.798. The summed E-state index contributed by atoms with van der Waals surface area (Å²) in [6.45, 7) is 9.71. The van der Waals surface area contributed by atoms with E-state index in [1.165, 1.54) is 24.0 Å². The molecular weight excluding hydrogens is 156 g/mol. The highest BCUT2D eigenvalue weighted by molar-refractivity contribution is 5.28. The van der Waals surface area contributed by atoms with Crippen molar-refractivity contribution >= 4 is 0 Å². The highest BCUT2D eigenvalue weighted by Gasteiger charge is 2.23. The van der Waals surface area contributed by atoms with Gasteiger partial charge in [-0.25, -0.2) is 0 Å². The number of rotatable bonds is 5. The maximum absolute atomic E-state index is 3.85. The molecule has 0 N–H and O–H groups in total. The first-order chi connectivity index (χ1) is 6.24.